The fraction of sp³-hybridized carbons (Fsp3) is 0.296. The van der Waals surface area contributed by atoms with Gasteiger partial charge >= 0.3 is 0 Å². The number of benzene rings is 3. The number of anilines is 1. The molecule has 0 saturated carbocycles. The Morgan fingerprint density at radius 1 is 1.00 bits per heavy atom. The first-order chi connectivity index (χ1) is 16.2. The van der Waals surface area contributed by atoms with E-state index in [1.165, 1.54) is 0 Å². The molecule has 1 amide bonds. The SMILES string of the molecule is CN1c2ccc(-c3ccccc3)cc2[C@H]2[C@H](CCN2C(=O)c2ccc3c(c2)OCO3)[C@@H]1CO. The molecule has 0 spiro atoms. The van der Waals surface area contributed by atoms with E-state index in [1.807, 2.05) is 36.2 Å². The van der Waals surface area contributed by atoms with E-state index in [9.17, 15) is 9.90 Å². The van der Waals surface area contributed by atoms with Gasteiger partial charge in [0.2, 0.25) is 6.79 Å². The number of carbonyl (C=O) groups excluding carboxylic acids is 1. The second-order valence-corrected chi connectivity index (χ2v) is 8.96. The molecule has 1 saturated heterocycles. The molecule has 6 heteroatoms. The summed E-state index contributed by atoms with van der Waals surface area (Å²) in [4.78, 5) is 17.9. The fourth-order valence-corrected chi connectivity index (χ4v) is 5.69. The number of rotatable bonds is 3. The highest BCUT2D eigenvalue weighted by Gasteiger charge is 2.47. The lowest BCUT2D eigenvalue weighted by molar-refractivity contribution is 0.0693. The van der Waals surface area contributed by atoms with E-state index in [0.29, 0.717) is 23.6 Å². The highest BCUT2D eigenvalue weighted by molar-refractivity contribution is 5.95. The molecule has 168 valence electrons. The first kappa shape index (κ1) is 20.1. The zero-order chi connectivity index (χ0) is 22.5. The van der Waals surface area contributed by atoms with E-state index in [1.54, 1.807) is 12.1 Å². The van der Waals surface area contributed by atoms with Gasteiger partial charge in [0.1, 0.15) is 0 Å². The van der Waals surface area contributed by atoms with Crippen LogP contribution in [-0.2, 0) is 0 Å². The summed E-state index contributed by atoms with van der Waals surface area (Å²) in [6.07, 6.45) is 0.853. The minimum Gasteiger partial charge on any atom is -0.454 e. The van der Waals surface area contributed by atoms with Crippen molar-refractivity contribution in [3.05, 3.63) is 77.9 Å². The number of likely N-dealkylation sites (tertiary alicyclic amines) is 1. The third-order valence-electron chi connectivity index (χ3n) is 7.34. The quantitative estimate of drug-likeness (QED) is 0.662. The molecule has 0 bridgehead atoms. The Labute approximate surface area is 193 Å². The number of carbonyl (C=O) groups is 1. The Kier molecular flexibility index (Phi) is 4.76. The van der Waals surface area contributed by atoms with Crippen molar-refractivity contribution in [2.24, 2.45) is 5.92 Å². The zero-order valence-corrected chi connectivity index (χ0v) is 18.5. The minimum atomic E-state index is -0.0880. The highest BCUT2D eigenvalue weighted by Crippen LogP contribution is 2.50. The van der Waals surface area contributed by atoms with Crippen LogP contribution in [0.15, 0.2) is 66.7 Å². The standard InChI is InChI=1S/C27H26N2O4/c1-28-22-9-7-18(17-5-3-2-4-6-17)13-21(22)26-20(23(28)15-30)11-12-29(26)27(31)19-8-10-24-25(14-19)33-16-32-24/h2-10,13-14,20,23,26,30H,11-12,15-16H2,1H3/t20-,23+,26-/m1/s1. The fourth-order valence-electron chi connectivity index (χ4n) is 5.69. The highest BCUT2D eigenvalue weighted by atomic mass is 16.7. The van der Waals surface area contributed by atoms with Crippen molar-refractivity contribution in [1.82, 2.24) is 4.90 Å². The molecule has 3 aromatic carbocycles. The van der Waals surface area contributed by atoms with Gasteiger partial charge in [-0.25, -0.2) is 0 Å². The largest absolute Gasteiger partial charge is 0.454 e. The van der Waals surface area contributed by atoms with Crippen LogP contribution >= 0.6 is 0 Å². The average Bonchev–Trinajstić information content (AvgIpc) is 3.51. The van der Waals surface area contributed by atoms with Crippen LogP contribution in [0.2, 0.25) is 0 Å². The van der Waals surface area contributed by atoms with E-state index < -0.39 is 0 Å². The van der Waals surface area contributed by atoms with Crippen LogP contribution in [0.4, 0.5) is 5.69 Å². The predicted octanol–water partition coefficient (Wildman–Crippen LogP) is 4.10. The number of aliphatic hydroxyl groups excluding tert-OH is 1. The molecule has 3 aromatic rings. The van der Waals surface area contributed by atoms with E-state index >= 15 is 0 Å². The second kappa shape index (κ2) is 7.81. The van der Waals surface area contributed by atoms with Gasteiger partial charge in [-0.1, -0.05) is 36.4 Å². The van der Waals surface area contributed by atoms with Crippen LogP contribution in [0.3, 0.4) is 0 Å². The maximum Gasteiger partial charge on any atom is 0.254 e. The number of amides is 1. The van der Waals surface area contributed by atoms with Gasteiger partial charge in [0.05, 0.1) is 18.7 Å². The van der Waals surface area contributed by atoms with Gasteiger partial charge in [-0.3, -0.25) is 4.79 Å². The number of fused-ring (bicyclic) bond motifs is 4. The molecule has 3 heterocycles. The Morgan fingerprint density at radius 2 is 1.82 bits per heavy atom. The molecular weight excluding hydrogens is 416 g/mol. The summed E-state index contributed by atoms with van der Waals surface area (Å²) in [6.45, 7) is 0.896. The summed E-state index contributed by atoms with van der Waals surface area (Å²) in [5.74, 6) is 1.43. The van der Waals surface area contributed by atoms with E-state index in [4.69, 9.17) is 9.47 Å². The molecule has 3 atom stereocenters. The van der Waals surface area contributed by atoms with Crippen molar-refractivity contribution in [3.8, 4) is 22.6 Å². The number of hydrogen-bond donors (Lipinski definition) is 1. The van der Waals surface area contributed by atoms with Crippen LogP contribution in [0, 0.1) is 5.92 Å². The topological polar surface area (TPSA) is 62.2 Å². The monoisotopic (exact) mass is 442 g/mol. The smallest absolute Gasteiger partial charge is 0.254 e. The van der Waals surface area contributed by atoms with Crippen molar-refractivity contribution in [3.63, 3.8) is 0 Å². The zero-order valence-electron chi connectivity index (χ0n) is 18.5. The summed E-state index contributed by atoms with van der Waals surface area (Å²) in [6, 6.07) is 22.0. The molecule has 6 nitrogen and oxygen atoms in total. The number of hydrogen-bond acceptors (Lipinski definition) is 5. The molecule has 0 aliphatic carbocycles. The first-order valence-corrected chi connectivity index (χ1v) is 11.4. The van der Waals surface area contributed by atoms with Crippen molar-refractivity contribution in [2.45, 2.75) is 18.5 Å². The lowest BCUT2D eigenvalue weighted by Crippen LogP contribution is -2.48. The summed E-state index contributed by atoms with van der Waals surface area (Å²) in [5.41, 5.74) is 5.09. The van der Waals surface area contributed by atoms with Crippen molar-refractivity contribution >= 4 is 11.6 Å². The third-order valence-corrected chi connectivity index (χ3v) is 7.34. The van der Waals surface area contributed by atoms with E-state index in [-0.39, 0.29) is 37.3 Å². The van der Waals surface area contributed by atoms with Crippen molar-refractivity contribution in [2.75, 3.05) is 31.9 Å². The molecule has 1 fully saturated rings. The number of likely N-dealkylation sites (N-methyl/N-ethyl adjacent to an activating group) is 1. The lowest BCUT2D eigenvalue weighted by atomic mass is 9.81. The van der Waals surface area contributed by atoms with Gasteiger partial charge in [0.15, 0.2) is 11.5 Å². The Balaban J connectivity index is 1.43. The summed E-state index contributed by atoms with van der Waals surface area (Å²) in [7, 11) is 2.04. The lowest BCUT2D eigenvalue weighted by Gasteiger charge is -2.44. The molecule has 0 radical (unpaired) electrons. The number of ether oxygens (including phenoxy) is 2. The van der Waals surface area contributed by atoms with E-state index in [0.717, 1.165) is 28.8 Å². The van der Waals surface area contributed by atoms with Gasteiger partial charge in [-0.2, -0.15) is 0 Å². The van der Waals surface area contributed by atoms with Crippen LogP contribution in [0.25, 0.3) is 11.1 Å². The van der Waals surface area contributed by atoms with Gasteiger partial charge in [-0.15, -0.1) is 0 Å². The summed E-state index contributed by atoms with van der Waals surface area (Å²) < 4.78 is 10.9. The third kappa shape index (κ3) is 3.16. The van der Waals surface area contributed by atoms with E-state index in [2.05, 4.69) is 35.2 Å². The van der Waals surface area contributed by atoms with Gasteiger partial charge < -0.3 is 24.4 Å². The van der Waals surface area contributed by atoms with Crippen LogP contribution in [0.5, 0.6) is 11.5 Å². The molecule has 0 unspecified atom stereocenters. The molecule has 3 aliphatic heterocycles. The van der Waals surface area contributed by atoms with Crippen LogP contribution < -0.4 is 14.4 Å². The maximum atomic E-state index is 13.7. The normalized spacial score (nSPS) is 22.8. The predicted molar refractivity (Wildman–Crippen MR) is 126 cm³/mol. The average molecular weight is 443 g/mol. The molecule has 0 aromatic heterocycles. The molecular formula is C27H26N2O4. The van der Waals surface area contributed by atoms with Crippen LogP contribution in [-0.4, -0.2) is 48.9 Å². The van der Waals surface area contributed by atoms with Gasteiger partial charge in [0.25, 0.3) is 5.91 Å². The number of aliphatic hydroxyl groups is 1. The van der Waals surface area contributed by atoms with Gasteiger partial charge in [0, 0.05) is 30.8 Å². The Bertz CT molecular complexity index is 1210. The molecule has 3 aliphatic rings. The Hall–Kier alpha value is -3.51. The first-order valence-electron chi connectivity index (χ1n) is 11.4. The number of nitrogens with zero attached hydrogens (tertiary/aromatic N) is 2. The minimum absolute atomic E-state index is 0.0156. The maximum absolute atomic E-state index is 13.7. The molecule has 6 rings (SSSR count). The second-order valence-electron chi connectivity index (χ2n) is 8.96. The Morgan fingerprint density at radius 3 is 2.64 bits per heavy atom. The summed E-state index contributed by atoms with van der Waals surface area (Å²) >= 11 is 0. The summed E-state index contributed by atoms with van der Waals surface area (Å²) in [5, 5.41) is 10.2. The van der Waals surface area contributed by atoms with Crippen molar-refractivity contribution < 1.29 is 19.4 Å². The van der Waals surface area contributed by atoms with Crippen molar-refractivity contribution in [1.29, 1.82) is 0 Å². The van der Waals surface area contributed by atoms with Crippen LogP contribution in [0.1, 0.15) is 28.4 Å². The molecule has 33 heavy (non-hydrogen) atoms. The molecule has 1 N–H and O–H groups in total. The van der Waals surface area contributed by atoms with Gasteiger partial charge in [-0.05, 0) is 53.4 Å².